The molecule has 1 radical (unpaired) electrons. The van der Waals surface area contributed by atoms with Gasteiger partial charge in [-0.1, -0.05) is 59.8 Å². The minimum Gasteiger partial charge on any atom is -0.501 e. The Kier molecular flexibility index (Phi) is 7.78. The van der Waals surface area contributed by atoms with Crippen molar-refractivity contribution in [1.82, 2.24) is 9.97 Å². The van der Waals surface area contributed by atoms with Gasteiger partial charge < -0.3 is 14.4 Å². The summed E-state index contributed by atoms with van der Waals surface area (Å²) in [6.45, 7) is 8.26. The molecule has 0 aliphatic carbocycles. The minimum atomic E-state index is 0. The van der Waals surface area contributed by atoms with Crippen LogP contribution >= 0.6 is 0 Å². The number of aromatic nitrogens is 2. The van der Waals surface area contributed by atoms with Gasteiger partial charge in [-0.25, -0.2) is 0 Å². The van der Waals surface area contributed by atoms with E-state index in [4.69, 9.17) is 4.42 Å². The Hall–Kier alpha value is -3.59. The number of furan rings is 1. The van der Waals surface area contributed by atoms with Crippen molar-refractivity contribution < 1.29 is 24.5 Å². The maximum atomic E-state index is 6.04. The number of pyridine rings is 2. The predicted octanol–water partition coefficient (Wildman–Crippen LogP) is 8.23. The van der Waals surface area contributed by atoms with Crippen LogP contribution in [0.1, 0.15) is 22.3 Å². The molecule has 0 N–H and O–H groups in total. The average Bonchev–Trinajstić information content (AvgIpc) is 3.26. The van der Waals surface area contributed by atoms with Crippen molar-refractivity contribution in [3.8, 4) is 22.5 Å². The van der Waals surface area contributed by atoms with Crippen LogP contribution in [0, 0.1) is 39.8 Å². The van der Waals surface area contributed by atoms with Crippen molar-refractivity contribution in [3.05, 3.63) is 120 Å². The number of para-hydroxylation sites is 1. The quantitative estimate of drug-likeness (QED) is 0.178. The summed E-state index contributed by atoms with van der Waals surface area (Å²) in [5.41, 5.74) is 10.4. The maximum absolute atomic E-state index is 6.04. The summed E-state index contributed by atoms with van der Waals surface area (Å²) < 4.78 is 6.04. The SMILES string of the molecule is Cc1c[c-]c(-c2ccc(C)cn2)cc1.Cc1cnc(-c2[c-]ccc3c2oc2ccccc23)cc1C.[Ir]. The van der Waals surface area contributed by atoms with Crippen LogP contribution in [0.15, 0.2) is 89.6 Å². The average molecular weight is 647 g/mol. The zero-order chi connectivity index (χ0) is 24.4. The number of aryl methyl sites for hydroxylation is 4. The van der Waals surface area contributed by atoms with E-state index < -0.39 is 0 Å². The van der Waals surface area contributed by atoms with Crippen LogP contribution in [0.5, 0.6) is 0 Å². The number of hydrogen-bond acceptors (Lipinski definition) is 3. The summed E-state index contributed by atoms with van der Waals surface area (Å²) in [6.07, 6.45) is 3.78. The number of fused-ring (bicyclic) bond motifs is 3. The summed E-state index contributed by atoms with van der Waals surface area (Å²) in [7, 11) is 0. The second kappa shape index (κ2) is 11.0. The van der Waals surface area contributed by atoms with Gasteiger partial charge in [-0.05, 0) is 49.4 Å². The molecule has 0 saturated heterocycles. The predicted molar refractivity (Wildman–Crippen MR) is 143 cm³/mol. The Morgan fingerprint density at radius 2 is 1.47 bits per heavy atom. The van der Waals surface area contributed by atoms with E-state index in [9.17, 15) is 0 Å². The van der Waals surface area contributed by atoms with Crippen LogP contribution in [0.4, 0.5) is 0 Å². The van der Waals surface area contributed by atoms with Crippen LogP contribution in [-0.2, 0) is 20.1 Å². The third-order valence-electron chi connectivity index (χ3n) is 6.12. The molecule has 6 aromatic rings. The first-order valence-corrected chi connectivity index (χ1v) is 11.7. The molecule has 3 aromatic heterocycles. The fourth-order valence-electron chi connectivity index (χ4n) is 3.93. The fourth-order valence-corrected chi connectivity index (χ4v) is 3.93. The zero-order valence-electron chi connectivity index (χ0n) is 20.7. The van der Waals surface area contributed by atoms with Crippen molar-refractivity contribution in [2.75, 3.05) is 0 Å². The van der Waals surface area contributed by atoms with E-state index in [1.807, 2.05) is 67.8 Å². The first-order valence-electron chi connectivity index (χ1n) is 11.7. The molecule has 0 aliphatic rings. The summed E-state index contributed by atoms with van der Waals surface area (Å²) in [5, 5.41) is 2.24. The molecule has 36 heavy (non-hydrogen) atoms. The minimum absolute atomic E-state index is 0. The van der Waals surface area contributed by atoms with Gasteiger partial charge in [0.1, 0.15) is 5.58 Å². The standard InChI is InChI=1S/C19H14NO.C13H12N.Ir/c1-12-10-17(20-11-13(12)2)16-8-5-7-15-14-6-3-4-9-18(14)21-19(15)16;1-10-3-6-12(7-4-10)13-8-5-11(2)9-14-13;/h3-7,9-11H,1-2H3;3-6,8-9H,1-2H3;/q2*-1;. The van der Waals surface area contributed by atoms with Gasteiger partial charge >= 0.3 is 0 Å². The molecule has 0 saturated carbocycles. The van der Waals surface area contributed by atoms with E-state index in [0.717, 1.165) is 44.5 Å². The summed E-state index contributed by atoms with van der Waals surface area (Å²) >= 11 is 0. The smallest absolute Gasteiger partial charge is 0.120 e. The number of nitrogens with zero attached hydrogens (tertiary/aromatic N) is 2. The normalized spacial score (nSPS) is 10.6. The molecular weight excluding hydrogens is 621 g/mol. The molecular formula is C32H26IrN2O-2. The molecule has 3 heterocycles. The summed E-state index contributed by atoms with van der Waals surface area (Å²) in [5.74, 6) is 0. The van der Waals surface area contributed by atoms with Gasteiger partial charge in [-0.2, -0.15) is 0 Å². The Bertz CT molecular complexity index is 1570. The first-order chi connectivity index (χ1) is 17.0. The molecule has 0 atom stereocenters. The topological polar surface area (TPSA) is 38.9 Å². The Morgan fingerprint density at radius 1 is 0.694 bits per heavy atom. The van der Waals surface area contributed by atoms with E-state index in [1.54, 1.807) is 0 Å². The molecule has 4 heteroatoms. The first kappa shape index (κ1) is 25.5. The van der Waals surface area contributed by atoms with Crippen molar-refractivity contribution in [3.63, 3.8) is 0 Å². The van der Waals surface area contributed by atoms with Gasteiger partial charge in [-0.3, -0.25) is 0 Å². The molecule has 0 amide bonds. The zero-order valence-corrected chi connectivity index (χ0v) is 23.1. The molecule has 0 aliphatic heterocycles. The molecule has 0 fully saturated rings. The van der Waals surface area contributed by atoms with Crippen molar-refractivity contribution in [2.45, 2.75) is 27.7 Å². The van der Waals surface area contributed by atoms with Gasteiger partial charge in [0.25, 0.3) is 0 Å². The van der Waals surface area contributed by atoms with E-state index >= 15 is 0 Å². The van der Waals surface area contributed by atoms with Crippen molar-refractivity contribution >= 4 is 21.9 Å². The van der Waals surface area contributed by atoms with Crippen molar-refractivity contribution in [2.24, 2.45) is 0 Å². The van der Waals surface area contributed by atoms with Gasteiger partial charge in [-0.15, -0.1) is 53.6 Å². The Labute approximate surface area is 225 Å². The third-order valence-corrected chi connectivity index (χ3v) is 6.12. The number of hydrogen-bond donors (Lipinski definition) is 0. The third kappa shape index (κ3) is 5.31. The van der Waals surface area contributed by atoms with Crippen LogP contribution in [-0.4, -0.2) is 9.97 Å². The monoisotopic (exact) mass is 647 g/mol. The summed E-state index contributed by atoms with van der Waals surface area (Å²) in [4.78, 5) is 8.89. The molecule has 6 rings (SSSR count). The van der Waals surface area contributed by atoms with Gasteiger partial charge in [0.15, 0.2) is 0 Å². The van der Waals surface area contributed by atoms with Gasteiger partial charge in [0, 0.05) is 37.9 Å². The Morgan fingerprint density at radius 3 is 2.19 bits per heavy atom. The van der Waals surface area contributed by atoms with Crippen LogP contribution in [0.3, 0.4) is 0 Å². The maximum Gasteiger partial charge on any atom is 0.120 e. The fraction of sp³-hybridized carbons (Fsp3) is 0.125. The van der Waals surface area contributed by atoms with E-state index in [1.165, 1.54) is 22.3 Å². The van der Waals surface area contributed by atoms with Crippen LogP contribution < -0.4 is 0 Å². The van der Waals surface area contributed by atoms with Crippen molar-refractivity contribution in [1.29, 1.82) is 0 Å². The largest absolute Gasteiger partial charge is 0.501 e. The van der Waals surface area contributed by atoms with E-state index in [0.29, 0.717) is 0 Å². The van der Waals surface area contributed by atoms with Gasteiger partial charge in [0.2, 0.25) is 0 Å². The molecule has 0 unspecified atom stereocenters. The molecule has 0 bridgehead atoms. The molecule has 3 aromatic carbocycles. The summed E-state index contributed by atoms with van der Waals surface area (Å²) in [6, 6.07) is 30.9. The number of rotatable bonds is 2. The molecule has 181 valence electrons. The van der Waals surface area contributed by atoms with E-state index in [-0.39, 0.29) is 20.1 Å². The second-order valence-corrected chi connectivity index (χ2v) is 8.85. The Balaban J connectivity index is 0.000000178. The second-order valence-electron chi connectivity index (χ2n) is 8.85. The molecule has 0 spiro atoms. The number of benzene rings is 3. The van der Waals surface area contributed by atoms with E-state index in [2.05, 4.69) is 67.1 Å². The van der Waals surface area contributed by atoms with Gasteiger partial charge in [0.05, 0.1) is 5.58 Å². The molecule has 3 nitrogen and oxygen atoms in total. The van der Waals surface area contributed by atoms with Crippen LogP contribution in [0.2, 0.25) is 0 Å². The van der Waals surface area contributed by atoms with Crippen LogP contribution in [0.25, 0.3) is 44.5 Å².